The van der Waals surface area contributed by atoms with Crippen LogP contribution < -0.4 is 11.3 Å². The lowest BCUT2D eigenvalue weighted by Crippen LogP contribution is -2.45. The van der Waals surface area contributed by atoms with Crippen molar-refractivity contribution in [3.8, 4) is 0 Å². The van der Waals surface area contributed by atoms with Crippen molar-refractivity contribution in [3.05, 3.63) is 48.0 Å². The van der Waals surface area contributed by atoms with Crippen LogP contribution in [0.3, 0.4) is 0 Å². The average Bonchev–Trinajstić information content (AvgIpc) is 2.44. The first-order valence-corrected chi connectivity index (χ1v) is 6.22. The van der Waals surface area contributed by atoms with Gasteiger partial charge in [0, 0.05) is 7.11 Å². The molecule has 2 aromatic rings. The minimum absolute atomic E-state index is 0.0777. The first-order chi connectivity index (χ1) is 8.76. The van der Waals surface area contributed by atoms with Crippen LogP contribution in [0.15, 0.2) is 42.5 Å². The van der Waals surface area contributed by atoms with Crippen molar-refractivity contribution >= 4 is 10.8 Å². The highest BCUT2D eigenvalue weighted by molar-refractivity contribution is 5.85. The zero-order valence-corrected chi connectivity index (χ0v) is 10.9. The maximum Gasteiger partial charge on any atom is 0.0712 e. The van der Waals surface area contributed by atoms with Crippen molar-refractivity contribution in [3.63, 3.8) is 0 Å². The second-order valence-corrected chi connectivity index (χ2v) is 4.56. The van der Waals surface area contributed by atoms with Gasteiger partial charge >= 0.3 is 0 Å². The second kappa shape index (κ2) is 5.96. The number of nitrogens with one attached hydrogen (secondary N) is 1. The van der Waals surface area contributed by atoms with E-state index < -0.39 is 0 Å². The van der Waals surface area contributed by atoms with Crippen LogP contribution in [0.4, 0.5) is 0 Å². The molecule has 3 nitrogen and oxygen atoms in total. The van der Waals surface area contributed by atoms with Crippen LogP contribution in [0.5, 0.6) is 0 Å². The number of benzene rings is 2. The van der Waals surface area contributed by atoms with E-state index in [2.05, 4.69) is 47.9 Å². The molecule has 0 bridgehead atoms. The molecule has 0 aliphatic heterocycles. The van der Waals surface area contributed by atoms with Gasteiger partial charge in [-0.2, -0.15) is 0 Å². The zero-order valence-electron chi connectivity index (χ0n) is 10.9. The molecule has 3 N–H and O–H groups in total. The van der Waals surface area contributed by atoms with Gasteiger partial charge in [-0.15, -0.1) is 0 Å². The van der Waals surface area contributed by atoms with E-state index in [-0.39, 0.29) is 12.1 Å². The molecule has 0 radical (unpaired) electrons. The number of fused-ring (bicyclic) bond motifs is 1. The first-order valence-electron chi connectivity index (χ1n) is 6.22. The molecule has 3 heteroatoms. The summed E-state index contributed by atoms with van der Waals surface area (Å²) in [6.45, 7) is 2.02. The third-order valence-electron chi connectivity index (χ3n) is 3.47. The maximum atomic E-state index is 5.61. The van der Waals surface area contributed by atoms with Gasteiger partial charge in [-0.05, 0) is 29.7 Å². The highest BCUT2D eigenvalue weighted by atomic mass is 16.5. The van der Waals surface area contributed by atoms with Crippen LogP contribution in [0.1, 0.15) is 12.5 Å². The van der Waals surface area contributed by atoms with Crippen molar-refractivity contribution in [2.45, 2.75) is 25.5 Å². The fraction of sp³-hybridized carbons (Fsp3) is 0.333. The van der Waals surface area contributed by atoms with Crippen molar-refractivity contribution in [2.24, 2.45) is 5.84 Å². The summed E-state index contributed by atoms with van der Waals surface area (Å²) in [5, 5.41) is 2.54. The molecule has 0 aliphatic rings. The van der Waals surface area contributed by atoms with E-state index in [0.717, 1.165) is 6.42 Å². The number of nitrogens with two attached hydrogens (primary N) is 1. The normalized spacial score (nSPS) is 14.6. The topological polar surface area (TPSA) is 47.3 Å². The van der Waals surface area contributed by atoms with E-state index in [1.807, 2.05) is 6.92 Å². The Kier molecular flexibility index (Phi) is 4.31. The maximum absolute atomic E-state index is 5.61. The quantitative estimate of drug-likeness (QED) is 0.626. The van der Waals surface area contributed by atoms with Crippen molar-refractivity contribution < 1.29 is 4.74 Å². The number of hydrogen-bond acceptors (Lipinski definition) is 3. The van der Waals surface area contributed by atoms with E-state index >= 15 is 0 Å². The Labute approximate surface area is 108 Å². The van der Waals surface area contributed by atoms with Crippen LogP contribution in [0.2, 0.25) is 0 Å². The fourth-order valence-electron chi connectivity index (χ4n) is 2.23. The summed E-state index contributed by atoms with van der Waals surface area (Å²) in [7, 11) is 1.71. The van der Waals surface area contributed by atoms with Gasteiger partial charge in [-0.3, -0.25) is 11.3 Å². The molecule has 2 atom stereocenters. The molecular formula is C15H20N2O. The van der Waals surface area contributed by atoms with E-state index in [1.165, 1.54) is 16.3 Å². The number of rotatable bonds is 5. The molecule has 0 amide bonds. The molecule has 96 valence electrons. The Hall–Kier alpha value is -1.42. The summed E-state index contributed by atoms with van der Waals surface area (Å²) < 4.78 is 5.34. The number of methoxy groups -OCH3 is 1. The van der Waals surface area contributed by atoms with Gasteiger partial charge in [-0.25, -0.2) is 0 Å². The molecule has 0 aliphatic carbocycles. The SMILES string of the molecule is COC(C)C(Cc1cccc2ccccc12)NN. The summed E-state index contributed by atoms with van der Waals surface area (Å²) in [5.74, 6) is 5.61. The summed E-state index contributed by atoms with van der Waals surface area (Å²) in [5.41, 5.74) is 4.13. The Morgan fingerprint density at radius 2 is 1.89 bits per heavy atom. The standard InChI is InChI=1S/C15H20N2O/c1-11(18-2)15(17-16)10-13-8-5-7-12-6-3-4-9-14(12)13/h3-9,11,15,17H,10,16H2,1-2H3. The zero-order chi connectivity index (χ0) is 13.0. The third kappa shape index (κ3) is 2.70. The Morgan fingerprint density at radius 3 is 2.61 bits per heavy atom. The molecule has 18 heavy (non-hydrogen) atoms. The summed E-state index contributed by atoms with van der Waals surface area (Å²) in [6, 6.07) is 14.9. The summed E-state index contributed by atoms with van der Waals surface area (Å²) in [4.78, 5) is 0. The molecule has 2 unspecified atom stereocenters. The molecule has 0 fully saturated rings. The Bertz CT molecular complexity index is 507. The Balaban J connectivity index is 2.30. The summed E-state index contributed by atoms with van der Waals surface area (Å²) >= 11 is 0. The highest BCUT2D eigenvalue weighted by Crippen LogP contribution is 2.20. The molecular weight excluding hydrogens is 224 g/mol. The minimum Gasteiger partial charge on any atom is -0.380 e. The molecule has 0 heterocycles. The fourth-order valence-corrected chi connectivity index (χ4v) is 2.23. The van der Waals surface area contributed by atoms with Gasteiger partial charge < -0.3 is 4.74 Å². The van der Waals surface area contributed by atoms with Gasteiger partial charge in [0.25, 0.3) is 0 Å². The van der Waals surface area contributed by atoms with Crippen LogP contribution in [-0.2, 0) is 11.2 Å². The molecule has 0 spiro atoms. The van der Waals surface area contributed by atoms with Crippen LogP contribution in [0, 0.1) is 0 Å². The predicted octanol–water partition coefficient (Wildman–Crippen LogP) is 2.25. The largest absolute Gasteiger partial charge is 0.380 e. The van der Waals surface area contributed by atoms with E-state index in [0.29, 0.717) is 0 Å². The van der Waals surface area contributed by atoms with Gasteiger partial charge in [0.2, 0.25) is 0 Å². The highest BCUT2D eigenvalue weighted by Gasteiger charge is 2.16. The van der Waals surface area contributed by atoms with E-state index in [1.54, 1.807) is 7.11 Å². The number of hydrogen-bond donors (Lipinski definition) is 2. The van der Waals surface area contributed by atoms with Crippen LogP contribution in [-0.4, -0.2) is 19.3 Å². The minimum atomic E-state index is 0.0777. The lowest BCUT2D eigenvalue weighted by atomic mass is 9.97. The van der Waals surface area contributed by atoms with Gasteiger partial charge in [0.1, 0.15) is 0 Å². The molecule has 2 rings (SSSR count). The smallest absolute Gasteiger partial charge is 0.0712 e. The van der Waals surface area contributed by atoms with Crippen molar-refractivity contribution in [2.75, 3.05) is 7.11 Å². The van der Waals surface area contributed by atoms with E-state index in [4.69, 9.17) is 10.6 Å². The molecule has 0 aromatic heterocycles. The monoisotopic (exact) mass is 244 g/mol. The first kappa shape index (κ1) is 13.0. The summed E-state index contributed by atoms with van der Waals surface area (Å²) in [6.07, 6.45) is 0.932. The van der Waals surface area contributed by atoms with Gasteiger partial charge in [-0.1, -0.05) is 42.5 Å². The number of hydrazine groups is 1. The van der Waals surface area contributed by atoms with Crippen LogP contribution >= 0.6 is 0 Å². The van der Waals surface area contributed by atoms with Crippen molar-refractivity contribution in [1.29, 1.82) is 0 Å². The predicted molar refractivity (Wildman–Crippen MR) is 75.2 cm³/mol. The van der Waals surface area contributed by atoms with Gasteiger partial charge in [0.15, 0.2) is 0 Å². The lowest BCUT2D eigenvalue weighted by molar-refractivity contribution is 0.0832. The lowest BCUT2D eigenvalue weighted by Gasteiger charge is -2.22. The third-order valence-corrected chi connectivity index (χ3v) is 3.47. The van der Waals surface area contributed by atoms with Crippen molar-refractivity contribution in [1.82, 2.24) is 5.43 Å². The van der Waals surface area contributed by atoms with E-state index in [9.17, 15) is 0 Å². The van der Waals surface area contributed by atoms with Gasteiger partial charge in [0.05, 0.1) is 12.1 Å². The molecule has 0 saturated heterocycles. The average molecular weight is 244 g/mol. The van der Waals surface area contributed by atoms with Crippen LogP contribution in [0.25, 0.3) is 10.8 Å². The Morgan fingerprint density at radius 1 is 1.17 bits per heavy atom. The second-order valence-electron chi connectivity index (χ2n) is 4.56. The number of ether oxygens (including phenoxy) is 1. The molecule has 0 saturated carbocycles. The molecule has 2 aromatic carbocycles.